The molecule has 1 aliphatic heterocycles. The number of carbonyl (C=O) groups is 2. The lowest BCUT2D eigenvalue weighted by atomic mass is 10.1. The SMILES string of the molecule is O=C(CCl)Nc1ccc(N2CCOCC2)c(C(=O)[O-])c1. The number of alkyl halides is 1. The highest BCUT2D eigenvalue weighted by Crippen LogP contribution is 2.25. The smallest absolute Gasteiger partial charge is 0.239 e. The Morgan fingerprint density at radius 2 is 2.05 bits per heavy atom. The molecule has 1 amide bonds. The van der Waals surface area contributed by atoms with Gasteiger partial charge in [-0.15, -0.1) is 11.6 Å². The summed E-state index contributed by atoms with van der Waals surface area (Å²) >= 11 is 5.39. The van der Waals surface area contributed by atoms with Gasteiger partial charge in [0, 0.05) is 30.0 Å². The molecule has 20 heavy (non-hydrogen) atoms. The van der Waals surface area contributed by atoms with Crippen LogP contribution in [-0.4, -0.2) is 44.1 Å². The lowest BCUT2D eigenvalue weighted by molar-refractivity contribution is -0.254. The van der Waals surface area contributed by atoms with Crippen molar-refractivity contribution in [1.29, 1.82) is 0 Å². The van der Waals surface area contributed by atoms with Crippen LogP contribution in [0.3, 0.4) is 0 Å². The van der Waals surface area contributed by atoms with Crippen LogP contribution in [-0.2, 0) is 9.53 Å². The van der Waals surface area contributed by atoms with Crippen molar-refractivity contribution in [2.75, 3.05) is 42.4 Å². The van der Waals surface area contributed by atoms with Crippen molar-refractivity contribution in [3.05, 3.63) is 23.8 Å². The van der Waals surface area contributed by atoms with Crippen LogP contribution in [0.4, 0.5) is 11.4 Å². The van der Waals surface area contributed by atoms with Gasteiger partial charge in [-0.05, 0) is 18.2 Å². The number of carboxylic acids is 1. The number of rotatable bonds is 4. The lowest BCUT2D eigenvalue weighted by Gasteiger charge is -2.31. The molecule has 0 aliphatic carbocycles. The molecule has 1 fully saturated rings. The summed E-state index contributed by atoms with van der Waals surface area (Å²) in [6.07, 6.45) is 0. The number of halogens is 1. The number of nitrogens with one attached hydrogen (secondary N) is 1. The average molecular weight is 298 g/mol. The van der Waals surface area contributed by atoms with E-state index in [0.717, 1.165) is 0 Å². The van der Waals surface area contributed by atoms with Crippen LogP contribution in [0.25, 0.3) is 0 Å². The number of aromatic carboxylic acids is 1. The average Bonchev–Trinajstić information content (AvgIpc) is 2.48. The number of amides is 1. The molecule has 6 nitrogen and oxygen atoms in total. The Balaban J connectivity index is 2.27. The maximum Gasteiger partial charge on any atom is 0.239 e. The first-order valence-electron chi connectivity index (χ1n) is 6.15. The molecule has 0 saturated carbocycles. The number of nitrogens with zero attached hydrogens (tertiary/aromatic N) is 1. The number of carboxylic acid groups (broad SMARTS) is 1. The van der Waals surface area contributed by atoms with Crippen LogP contribution in [0.2, 0.25) is 0 Å². The summed E-state index contributed by atoms with van der Waals surface area (Å²) in [6, 6.07) is 4.67. The number of morpholine rings is 1. The van der Waals surface area contributed by atoms with E-state index in [1.54, 1.807) is 12.1 Å². The molecule has 2 rings (SSSR count). The fourth-order valence-corrected chi connectivity index (χ4v) is 2.12. The van der Waals surface area contributed by atoms with E-state index in [4.69, 9.17) is 16.3 Å². The van der Waals surface area contributed by atoms with Crippen LogP contribution in [0.5, 0.6) is 0 Å². The van der Waals surface area contributed by atoms with E-state index >= 15 is 0 Å². The summed E-state index contributed by atoms with van der Waals surface area (Å²) in [7, 11) is 0. The Morgan fingerprint density at radius 3 is 2.65 bits per heavy atom. The Kier molecular flexibility index (Phi) is 4.81. The van der Waals surface area contributed by atoms with Gasteiger partial charge in [-0.2, -0.15) is 0 Å². The summed E-state index contributed by atoms with van der Waals surface area (Å²) < 4.78 is 5.24. The molecule has 0 aromatic heterocycles. The molecule has 1 heterocycles. The quantitative estimate of drug-likeness (QED) is 0.795. The van der Waals surface area contributed by atoms with Crippen molar-refractivity contribution in [1.82, 2.24) is 0 Å². The monoisotopic (exact) mass is 297 g/mol. The molecular formula is C13H14ClN2O4-. The first-order valence-corrected chi connectivity index (χ1v) is 6.69. The summed E-state index contributed by atoms with van der Waals surface area (Å²) in [5, 5.41) is 13.8. The number of hydrogen-bond acceptors (Lipinski definition) is 5. The van der Waals surface area contributed by atoms with Gasteiger partial charge in [-0.1, -0.05) is 0 Å². The summed E-state index contributed by atoms with van der Waals surface area (Å²) in [5.74, 6) is -1.87. The molecule has 0 spiro atoms. The zero-order valence-electron chi connectivity index (χ0n) is 10.7. The normalized spacial score (nSPS) is 14.9. The van der Waals surface area contributed by atoms with Gasteiger partial charge in [0.05, 0.1) is 19.2 Å². The highest BCUT2D eigenvalue weighted by molar-refractivity contribution is 6.29. The Labute approximate surface area is 121 Å². The van der Waals surface area contributed by atoms with E-state index in [9.17, 15) is 14.7 Å². The number of benzene rings is 1. The van der Waals surface area contributed by atoms with Crippen molar-refractivity contribution < 1.29 is 19.4 Å². The minimum absolute atomic E-state index is 0.0410. The van der Waals surface area contributed by atoms with Gasteiger partial charge in [0.2, 0.25) is 5.91 Å². The zero-order valence-corrected chi connectivity index (χ0v) is 11.5. The second-order valence-electron chi connectivity index (χ2n) is 4.30. The second-order valence-corrected chi connectivity index (χ2v) is 4.57. The van der Waals surface area contributed by atoms with Gasteiger partial charge in [0.1, 0.15) is 5.88 Å². The molecule has 1 N–H and O–H groups in total. The molecular weight excluding hydrogens is 284 g/mol. The Bertz CT molecular complexity index is 515. The van der Waals surface area contributed by atoms with Crippen molar-refractivity contribution in [3.63, 3.8) is 0 Å². The zero-order chi connectivity index (χ0) is 14.5. The minimum atomic E-state index is -1.28. The van der Waals surface area contributed by atoms with E-state index in [2.05, 4.69) is 5.32 Å². The van der Waals surface area contributed by atoms with Crippen molar-refractivity contribution >= 4 is 34.9 Å². The molecule has 108 valence electrons. The summed E-state index contributed by atoms with van der Waals surface area (Å²) in [6.45, 7) is 2.34. The highest BCUT2D eigenvalue weighted by Gasteiger charge is 2.16. The minimum Gasteiger partial charge on any atom is -0.545 e. The van der Waals surface area contributed by atoms with Crippen LogP contribution < -0.4 is 15.3 Å². The third kappa shape index (κ3) is 3.40. The standard InChI is InChI=1S/C13H15ClN2O4/c14-8-12(17)15-9-1-2-11(10(7-9)13(18)19)16-3-5-20-6-4-16/h1-2,7H,3-6,8H2,(H,15,17)(H,18,19)/p-1. The predicted octanol–water partition coefficient (Wildman–Crippen LogP) is 0.0640. The maximum absolute atomic E-state index is 11.3. The Morgan fingerprint density at radius 1 is 1.35 bits per heavy atom. The van der Waals surface area contributed by atoms with E-state index in [1.165, 1.54) is 6.07 Å². The molecule has 1 aliphatic rings. The molecule has 0 radical (unpaired) electrons. The molecule has 7 heteroatoms. The molecule has 1 aromatic carbocycles. The Hall–Kier alpha value is -1.79. The van der Waals surface area contributed by atoms with E-state index in [1.807, 2.05) is 4.90 Å². The molecule has 0 bridgehead atoms. The highest BCUT2D eigenvalue weighted by atomic mass is 35.5. The molecule has 1 saturated heterocycles. The van der Waals surface area contributed by atoms with Gasteiger partial charge in [-0.25, -0.2) is 0 Å². The van der Waals surface area contributed by atoms with Gasteiger partial charge in [0.15, 0.2) is 0 Å². The van der Waals surface area contributed by atoms with Crippen molar-refractivity contribution in [2.45, 2.75) is 0 Å². The van der Waals surface area contributed by atoms with Gasteiger partial charge in [0.25, 0.3) is 0 Å². The third-order valence-electron chi connectivity index (χ3n) is 2.97. The van der Waals surface area contributed by atoms with Crippen LogP contribution in [0, 0.1) is 0 Å². The molecule has 0 unspecified atom stereocenters. The van der Waals surface area contributed by atoms with Gasteiger partial charge >= 0.3 is 0 Å². The fourth-order valence-electron chi connectivity index (χ4n) is 2.05. The van der Waals surface area contributed by atoms with Crippen LogP contribution in [0.15, 0.2) is 18.2 Å². The van der Waals surface area contributed by atoms with Crippen LogP contribution >= 0.6 is 11.6 Å². The number of anilines is 2. The topological polar surface area (TPSA) is 81.7 Å². The first-order chi connectivity index (χ1) is 9.61. The predicted molar refractivity (Wildman–Crippen MR) is 73.2 cm³/mol. The van der Waals surface area contributed by atoms with Gasteiger partial charge < -0.3 is 24.9 Å². The molecule has 1 aromatic rings. The lowest BCUT2D eigenvalue weighted by Crippen LogP contribution is -2.38. The number of carbonyl (C=O) groups excluding carboxylic acids is 2. The van der Waals surface area contributed by atoms with Gasteiger partial charge in [-0.3, -0.25) is 4.79 Å². The third-order valence-corrected chi connectivity index (χ3v) is 3.22. The largest absolute Gasteiger partial charge is 0.545 e. The number of hydrogen-bond donors (Lipinski definition) is 1. The van der Waals surface area contributed by atoms with E-state index < -0.39 is 11.9 Å². The summed E-state index contributed by atoms with van der Waals surface area (Å²) in [5.41, 5.74) is 0.989. The first kappa shape index (κ1) is 14.6. The summed E-state index contributed by atoms with van der Waals surface area (Å²) in [4.78, 5) is 24.4. The van der Waals surface area contributed by atoms with E-state index in [-0.39, 0.29) is 11.4 Å². The van der Waals surface area contributed by atoms with Crippen LogP contribution in [0.1, 0.15) is 10.4 Å². The van der Waals surface area contributed by atoms with Crippen molar-refractivity contribution in [3.8, 4) is 0 Å². The maximum atomic E-state index is 11.3. The van der Waals surface area contributed by atoms with Crippen molar-refractivity contribution in [2.24, 2.45) is 0 Å². The fraction of sp³-hybridized carbons (Fsp3) is 0.385. The second kappa shape index (κ2) is 6.58. The van der Waals surface area contributed by atoms with E-state index in [0.29, 0.717) is 37.7 Å². The molecule has 0 atom stereocenters. The number of ether oxygens (including phenoxy) is 1.